The van der Waals surface area contributed by atoms with Gasteiger partial charge in [0.15, 0.2) is 0 Å². The molecule has 2 aromatic heterocycles. The van der Waals surface area contributed by atoms with E-state index in [1.165, 1.54) is 10.4 Å². The highest BCUT2D eigenvalue weighted by molar-refractivity contribution is 7.14. The highest BCUT2D eigenvalue weighted by Crippen LogP contribution is 2.39. The van der Waals surface area contributed by atoms with E-state index in [1.54, 1.807) is 22.7 Å². The smallest absolute Gasteiger partial charge is 0.207 e. The first-order valence-corrected chi connectivity index (χ1v) is 10.6. The van der Waals surface area contributed by atoms with Crippen LogP contribution >= 0.6 is 22.7 Å². The molecule has 132 valence electrons. The first-order chi connectivity index (χ1) is 13.4. The monoisotopic (exact) mass is 387 g/mol. The SMILES string of the molecule is c1ccc(-c2csc(N3N=C(c4cccs4)C[C@@H]3c3ccccc3)n2)cc1. The molecule has 0 saturated heterocycles. The van der Waals surface area contributed by atoms with Crippen molar-refractivity contribution in [1.29, 1.82) is 0 Å². The molecular formula is C22H17N3S2. The van der Waals surface area contributed by atoms with E-state index in [1.807, 2.05) is 18.2 Å². The maximum absolute atomic E-state index is 4.97. The number of thiazole rings is 1. The van der Waals surface area contributed by atoms with Gasteiger partial charge in [-0.05, 0) is 17.0 Å². The van der Waals surface area contributed by atoms with Gasteiger partial charge in [-0.3, -0.25) is 0 Å². The third-order valence-electron chi connectivity index (χ3n) is 4.66. The zero-order valence-electron chi connectivity index (χ0n) is 14.5. The Bertz CT molecular complexity index is 1050. The number of hydrazone groups is 1. The molecule has 0 bridgehead atoms. The van der Waals surface area contributed by atoms with Gasteiger partial charge in [-0.15, -0.1) is 22.7 Å². The molecule has 0 amide bonds. The fraction of sp³-hybridized carbons (Fsp3) is 0.0909. The van der Waals surface area contributed by atoms with E-state index in [2.05, 4.69) is 70.4 Å². The number of rotatable bonds is 4. The van der Waals surface area contributed by atoms with Crippen molar-refractivity contribution >= 4 is 33.5 Å². The van der Waals surface area contributed by atoms with Crippen molar-refractivity contribution in [3.8, 4) is 11.3 Å². The lowest BCUT2D eigenvalue weighted by atomic mass is 10.0. The molecule has 0 unspecified atom stereocenters. The Morgan fingerprint density at radius 1 is 0.852 bits per heavy atom. The first-order valence-electron chi connectivity index (χ1n) is 8.85. The Balaban J connectivity index is 1.54. The van der Waals surface area contributed by atoms with Crippen LogP contribution in [0.1, 0.15) is 22.9 Å². The summed E-state index contributed by atoms with van der Waals surface area (Å²) in [6, 6.07) is 25.3. The summed E-state index contributed by atoms with van der Waals surface area (Å²) in [5.74, 6) is 0. The predicted molar refractivity (Wildman–Crippen MR) is 115 cm³/mol. The molecule has 0 spiro atoms. The second-order valence-corrected chi connectivity index (χ2v) is 8.16. The van der Waals surface area contributed by atoms with Crippen LogP contribution in [0.25, 0.3) is 11.3 Å². The lowest BCUT2D eigenvalue weighted by Gasteiger charge is -2.21. The zero-order chi connectivity index (χ0) is 18.1. The third-order valence-corrected chi connectivity index (χ3v) is 6.41. The van der Waals surface area contributed by atoms with Gasteiger partial charge in [-0.2, -0.15) is 5.10 Å². The molecule has 4 aromatic rings. The lowest BCUT2D eigenvalue weighted by molar-refractivity contribution is 0.706. The van der Waals surface area contributed by atoms with Crippen molar-refractivity contribution in [2.75, 3.05) is 5.01 Å². The number of hydrogen-bond acceptors (Lipinski definition) is 5. The zero-order valence-corrected chi connectivity index (χ0v) is 16.2. The number of anilines is 1. The average Bonchev–Trinajstić information content (AvgIpc) is 3.49. The van der Waals surface area contributed by atoms with Crippen molar-refractivity contribution in [1.82, 2.24) is 4.98 Å². The van der Waals surface area contributed by atoms with Crippen molar-refractivity contribution < 1.29 is 0 Å². The summed E-state index contributed by atoms with van der Waals surface area (Å²) in [4.78, 5) is 6.13. The number of nitrogens with zero attached hydrogens (tertiary/aromatic N) is 3. The quantitative estimate of drug-likeness (QED) is 0.415. The minimum absolute atomic E-state index is 0.179. The number of hydrogen-bond donors (Lipinski definition) is 0. The van der Waals surface area contributed by atoms with Crippen molar-refractivity contribution in [2.45, 2.75) is 12.5 Å². The van der Waals surface area contributed by atoms with E-state index in [0.717, 1.165) is 28.5 Å². The minimum atomic E-state index is 0.179. The molecule has 0 saturated carbocycles. The summed E-state index contributed by atoms with van der Waals surface area (Å²) in [5, 5.41) is 12.2. The molecule has 0 fully saturated rings. The summed E-state index contributed by atoms with van der Waals surface area (Å²) in [7, 11) is 0. The Hall–Kier alpha value is -2.76. The van der Waals surface area contributed by atoms with Crippen LogP contribution in [-0.2, 0) is 0 Å². The number of benzene rings is 2. The van der Waals surface area contributed by atoms with Gasteiger partial charge >= 0.3 is 0 Å². The van der Waals surface area contributed by atoms with Crippen LogP contribution in [0, 0.1) is 0 Å². The lowest BCUT2D eigenvalue weighted by Crippen LogP contribution is -2.18. The van der Waals surface area contributed by atoms with Crippen molar-refractivity contribution in [2.24, 2.45) is 5.10 Å². The molecule has 0 aliphatic carbocycles. The second-order valence-electron chi connectivity index (χ2n) is 6.38. The van der Waals surface area contributed by atoms with Gasteiger partial charge < -0.3 is 0 Å². The molecule has 2 aromatic carbocycles. The minimum Gasteiger partial charge on any atom is -0.231 e. The summed E-state index contributed by atoms with van der Waals surface area (Å²) < 4.78 is 0. The van der Waals surface area contributed by atoms with Gasteiger partial charge in [-0.25, -0.2) is 9.99 Å². The second kappa shape index (κ2) is 7.10. The molecule has 1 atom stereocenters. The van der Waals surface area contributed by atoms with Crippen molar-refractivity contribution in [3.05, 3.63) is 94.0 Å². The molecule has 0 radical (unpaired) electrons. The van der Waals surface area contributed by atoms with Gasteiger partial charge in [0.2, 0.25) is 5.13 Å². The van der Waals surface area contributed by atoms with Crippen LogP contribution in [0.3, 0.4) is 0 Å². The maximum Gasteiger partial charge on any atom is 0.207 e. The van der Waals surface area contributed by atoms with E-state index >= 15 is 0 Å². The van der Waals surface area contributed by atoms with E-state index in [4.69, 9.17) is 10.1 Å². The van der Waals surface area contributed by atoms with Gasteiger partial charge in [0.25, 0.3) is 0 Å². The Kier molecular flexibility index (Phi) is 4.32. The van der Waals surface area contributed by atoms with Gasteiger partial charge in [0.05, 0.1) is 22.3 Å². The molecular weight excluding hydrogens is 370 g/mol. The van der Waals surface area contributed by atoms with Gasteiger partial charge in [-0.1, -0.05) is 66.7 Å². The van der Waals surface area contributed by atoms with Gasteiger partial charge in [0, 0.05) is 17.4 Å². The van der Waals surface area contributed by atoms with Crippen molar-refractivity contribution in [3.63, 3.8) is 0 Å². The highest BCUT2D eigenvalue weighted by atomic mass is 32.1. The topological polar surface area (TPSA) is 28.5 Å². The summed E-state index contributed by atoms with van der Waals surface area (Å²) in [5.41, 5.74) is 4.54. The van der Waals surface area contributed by atoms with Crippen LogP contribution < -0.4 is 5.01 Å². The Morgan fingerprint density at radius 3 is 2.37 bits per heavy atom. The standard InChI is InChI=1S/C22H17N3S2/c1-3-8-16(9-4-1)19-15-27-22(23-19)25-20(17-10-5-2-6-11-17)14-18(24-25)21-12-7-13-26-21/h1-13,15,20H,14H2/t20-/m1/s1. The van der Waals surface area contributed by atoms with Crippen LogP contribution in [0.4, 0.5) is 5.13 Å². The van der Waals surface area contributed by atoms with Crippen LogP contribution in [0.5, 0.6) is 0 Å². The predicted octanol–water partition coefficient (Wildman–Crippen LogP) is 6.23. The number of thiophene rings is 1. The molecule has 5 rings (SSSR count). The maximum atomic E-state index is 4.97. The van der Waals surface area contributed by atoms with Crippen LogP contribution in [0.2, 0.25) is 0 Å². The van der Waals surface area contributed by atoms with E-state index < -0.39 is 0 Å². The fourth-order valence-electron chi connectivity index (χ4n) is 3.32. The molecule has 0 N–H and O–H groups in total. The Morgan fingerprint density at radius 2 is 1.63 bits per heavy atom. The van der Waals surface area contributed by atoms with Crippen LogP contribution in [-0.4, -0.2) is 10.7 Å². The summed E-state index contributed by atoms with van der Waals surface area (Å²) in [6.45, 7) is 0. The molecule has 27 heavy (non-hydrogen) atoms. The highest BCUT2D eigenvalue weighted by Gasteiger charge is 2.31. The third kappa shape index (κ3) is 3.20. The number of aromatic nitrogens is 1. The van der Waals surface area contributed by atoms with Gasteiger partial charge in [0.1, 0.15) is 0 Å². The molecule has 5 heteroatoms. The van der Waals surface area contributed by atoms with E-state index in [0.29, 0.717) is 0 Å². The molecule has 1 aliphatic rings. The molecule has 1 aliphatic heterocycles. The largest absolute Gasteiger partial charge is 0.231 e. The fourth-order valence-corrected chi connectivity index (χ4v) is 4.88. The molecule has 3 nitrogen and oxygen atoms in total. The first kappa shape index (κ1) is 16.4. The Labute approximate surface area is 166 Å². The summed E-state index contributed by atoms with van der Waals surface area (Å²) >= 11 is 3.39. The van der Waals surface area contributed by atoms with Crippen LogP contribution in [0.15, 0.2) is 88.7 Å². The normalized spacial score (nSPS) is 16.5. The molecule has 3 heterocycles. The summed E-state index contributed by atoms with van der Waals surface area (Å²) in [6.07, 6.45) is 0.894. The average molecular weight is 388 g/mol. The van der Waals surface area contributed by atoms with E-state index in [-0.39, 0.29) is 6.04 Å². The van der Waals surface area contributed by atoms with E-state index in [9.17, 15) is 0 Å².